The Morgan fingerprint density at radius 3 is 2.71 bits per heavy atom. The second-order valence-electron chi connectivity index (χ2n) is 4.83. The van der Waals surface area contributed by atoms with E-state index in [-0.39, 0.29) is 12.4 Å². The van der Waals surface area contributed by atoms with Crippen LogP contribution in [-0.2, 0) is 0 Å². The number of nitrogen functional groups attached to an aromatic ring is 1. The van der Waals surface area contributed by atoms with Gasteiger partial charge in [-0.3, -0.25) is 9.36 Å². The van der Waals surface area contributed by atoms with Crippen LogP contribution in [0, 0.1) is 0 Å². The maximum absolute atomic E-state index is 12.7. The first-order valence-electron chi connectivity index (χ1n) is 6.54. The molecule has 5 heteroatoms. The van der Waals surface area contributed by atoms with E-state index in [1.807, 2.05) is 18.2 Å². The molecule has 5 nitrogen and oxygen atoms in total. The lowest BCUT2D eigenvalue weighted by atomic mass is 10.1. The van der Waals surface area contributed by atoms with E-state index in [0.717, 1.165) is 5.39 Å². The number of rotatable bonds is 1. The van der Waals surface area contributed by atoms with Gasteiger partial charge in [-0.05, 0) is 29.7 Å². The topological polar surface area (TPSA) is 66.5 Å². The molecular weight excluding hydrogens is 268 g/mol. The highest BCUT2D eigenvalue weighted by Gasteiger charge is 2.16. The Balaban J connectivity index is 2.00. The van der Waals surface area contributed by atoms with E-state index in [2.05, 4.69) is 0 Å². The van der Waals surface area contributed by atoms with E-state index in [1.165, 1.54) is 4.57 Å². The summed E-state index contributed by atoms with van der Waals surface area (Å²) in [5.41, 5.74) is 6.57. The van der Waals surface area contributed by atoms with Crippen LogP contribution in [0.4, 0.5) is 5.82 Å². The standard InChI is InChI=1S/C16H12N2O3/c17-15-7-10-3-1-2-4-12(10)16(19)18(15)11-5-6-13-14(8-11)21-9-20-13/h1-8H,9,17H2. The van der Waals surface area contributed by atoms with Gasteiger partial charge < -0.3 is 15.2 Å². The summed E-state index contributed by atoms with van der Waals surface area (Å²) in [4.78, 5) is 12.7. The molecule has 21 heavy (non-hydrogen) atoms. The number of aromatic nitrogens is 1. The Morgan fingerprint density at radius 1 is 1.00 bits per heavy atom. The Bertz CT molecular complexity index is 915. The quantitative estimate of drug-likeness (QED) is 0.742. The van der Waals surface area contributed by atoms with Crippen molar-refractivity contribution in [3.8, 4) is 17.2 Å². The van der Waals surface area contributed by atoms with Crippen LogP contribution >= 0.6 is 0 Å². The SMILES string of the molecule is Nc1cc2ccccc2c(=O)n1-c1ccc2c(c1)OCO2. The van der Waals surface area contributed by atoms with Crippen LogP contribution in [-0.4, -0.2) is 11.4 Å². The number of hydrogen-bond acceptors (Lipinski definition) is 4. The minimum atomic E-state index is -0.149. The van der Waals surface area contributed by atoms with Gasteiger partial charge in [-0.25, -0.2) is 0 Å². The molecule has 1 aliphatic rings. The summed E-state index contributed by atoms with van der Waals surface area (Å²) in [5, 5.41) is 1.46. The first-order valence-corrected chi connectivity index (χ1v) is 6.54. The van der Waals surface area contributed by atoms with Crippen LogP contribution in [0.5, 0.6) is 11.5 Å². The molecule has 0 atom stereocenters. The largest absolute Gasteiger partial charge is 0.454 e. The van der Waals surface area contributed by atoms with Crippen molar-refractivity contribution in [3.63, 3.8) is 0 Å². The maximum Gasteiger partial charge on any atom is 0.264 e. The molecule has 2 N–H and O–H groups in total. The highest BCUT2D eigenvalue weighted by atomic mass is 16.7. The van der Waals surface area contributed by atoms with Gasteiger partial charge in [-0.1, -0.05) is 18.2 Å². The zero-order valence-electron chi connectivity index (χ0n) is 11.1. The Hall–Kier alpha value is -2.95. The second kappa shape index (κ2) is 4.28. The second-order valence-corrected chi connectivity index (χ2v) is 4.83. The first-order chi connectivity index (χ1) is 10.2. The van der Waals surface area contributed by atoms with Crippen LogP contribution in [0.15, 0.2) is 53.3 Å². The lowest BCUT2D eigenvalue weighted by molar-refractivity contribution is 0.174. The molecule has 0 amide bonds. The molecule has 2 aromatic carbocycles. The summed E-state index contributed by atoms with van der Waals surface area (Å²) >= 11 is 0. The number of hydrogen-bond donors (Lipinski definition) is 1. The number of benzene rings is 2. The molecule has 0 unspecified atom stereocenters. The highest BCUT2D eigenvalue weighted by molar-refractivity contribution is 5.84. The average molecular weight is 280 g/mol. The third kappa shape index (κ3) is 1.74. The molecule has 1 aliphatic heterocycles. The number of ether oxygens (including phenoxy) is 2. The van der Waals surface area contributed by atoms with Crippen LogP contribution in [0.2, 0.25) is 0 Å². The van der Waals surface area contributed by atoms with Gasteiger partial charge in [0, 0.05) is 11.5 Å². The molecule has 104 valence electrons. The van der Waals surface area contributed by atoms with Gasteiger partial charge in [0.1, 0.15) is 5.82 Å². The van der Waals surface area contributed by atoms with E-state index in [9.17, 15) is 4.79 Å². The normalized spacial score (nSPS) is 12.8. The van der Waals surface area contributed by atoms with Crippen molar-refractivity contribution in [1.29, 1.82) is 0 Å². The van der Waals surface area contributed by atoms with Gasteiger partial charge in [0.15, 0.2) is 11.5 Å². The summed E-state index contributed by atoms with van der Waals surface area (Å²) in [6.07, 6.45) is 0. The van der Waals surface area contributed by atoms with E-state index >= 15 is 0 Å². The van der Waals surface area contributed by atoms with Gasteiger partial charge >= 0.3 is 0 Å². The van der Waals surface area contributed by atoms with Crippen LogP contribution in [0.1, 0.15) is 0 Å². The van der Waals surface area contributed by atoms with E-state index in [1.54, 1.807) is 30.3 Å². The predicted molar refractivity (Wildman–Crippen MR) is 80.1 cm³/mol. The van der Waals surface area contributed by atoms with Crippen molar-refractivity contribution in [2.75, 3.05) is 12.5 Å². The molecule has 0 saturated carbocycles. The van der Waals surface area contributed by atoms with E-state index in [4.69, 9.17) is 15.2 Å². The van der Waals surface area contributed by atoms with Crippen molar-refractivity contribution >= 4 is 16.6 Å². The first kappa shape index (κ1) is 11.8. The molecule has 0 saturated heterocycles. The molecule has 0 fully saturated rings. The molecule has 2 heterocycles. The number of anilines is 1. The molecule has 1 aromatic heterocycles. The summed E-state index contributed by atoms with van der Waals surface area (Å²) < 4.78 is 12.1. The highest BCUT2D eigenvalue weighted by Crippen LogP contribution is 2.34. The number of pyridine rings is 1. The third-order valence-electron chi connectivity index (χ3n) is 3.57. The van der Waals surface area contributed by atoms with Gasteiger partial charge in [0.2, 0.25) is 6.79 Å². The smallest absolute Gasteiger partial charge is 0.264 e. The van der Waals surface area contributed by atoms with Gasteiger partial charge in [0.25, 0.3) is 5.56 Å². The predicted octanol–water partition coefficient (Wildman–Crippen LogP) is 2.30. The summed E-state index contributed by atoms with van der Waals surface area (Å²) in [5.74, 6) is 1.68. The zero-order valence-corrected chi connectivity index (χ0v) is 11.1. The van der Waals surface area contributed by atoms with Gasteiger partial charge in [-0.15, -0.1) is 0 Å². The fourth-order valence-corrected chi connectivity index (χ4v) is 2.57. The van der Waals surface area contributed by atoms with Crippen LogP contribution < -0.4 is 20.8 Å². The average Bonchev–Trinajstić information content (AvgIpc) is 2.95. The van der Waals surface area contributed by atoms with Gasteiger partial charge in [-0.2, -0.15) is 0 Å². The van der Waals surface area contributed by atoms with Crippen molar-refractivity contribution in [3.05, 3.63) is 58.9 Å². The molecule has 0 spiro atoms. The molecule has 0 aliphatic carbocycles. The van der Waals surface area contributed by atoms with Crippen molar-refractivity contribution < 1.29 is 9.47 Å². The zero-order chi connectivity index (χ0) is 14.4. The fraction of sp³-hybridized carbons (Fsp3) is 0.0625. The monoisotopic (exact) mass is 280 g/mol. The molecule has 0 bridgehead atoms. The molecule has 3 aromatic rings. The Labute approximate surface area is 120 Å². The summed E-state index contributed by atoms with van der Waals surface area (Å²) in [6, 6.07) is 14.5. The Kier molecular flexibility index (Phi) is 2.41. The minimum absolute atomic E-state index is 0.149. The van der Waals surface area contributed by atoms with E-state index < -0.39 is 0 Å². The summed E-state index contributed by atoms with van der Waals surface area (Å²) in [6.45, 7) is 0.195. The van der Waals surface area contributed by atoms with Gasteiger partial charge in [0.05, 0.1) is 5.69 Å². The van der Waals surface area contributed by atoms with E-state index in [0.29, 0.717) is 28.4 Å². The number of fused-ring (bicyclic) bond motifs is 2. The lowest BCUT2D eigenvalue weighted by Crippen LogP contribution is -2.21. The summed E-state index contributed by atoms with van der Waals surface area (Å²) in [7, 11) is 0. The number of nitrogens with two attached hydrogens (primary N) is 1. The lowest BCUT2D eigenvalue weighted by Gasteiger charge is -2.11. The van der Waals surface area contributed by atoms with Crippen LogP contribution in [0.3, 0.4) is 0 Å². The van der Waals surface area contributed by atoms with Crippen molar-refractivity contribution in [2.45, 2.75) is 0 Å². The minimum Gasteiger partial charge on any atom is -0.454 e. The Morgan fingerprint density at radius 2 is 1.81 bits per heavy atom. The molecule has 4 rings (SSSR count). The maximum atomic E-state index is 12.7. The van der Waals surface area contributed by atoms with Crippen molar-refractivity contribution in [1.82, 2.24) is 4.57 Å². The number of nitrogens with zero attached hydrogens (tertiary/aromatic N) is 1. The van der Waals surface area contributed by atoms with Crippen LogP contribution in [0.25, 0.3) is 16.5 Å². The fourth-order valence-electron chi connectivity index (χ4n) is 2.57. The molecular formula is C16H12N2O3. The third-order valence-corrected chi connectivity index (χ3v) is 3.57. The molecule has 0 radical (unpaired) electrons. The van der Waals surface area contributed by atoms with Crippen molar-refractivity contribution in [2.24, 2.45) is 0 Å².